The molecule has 0 saturated carbocycles. The summed E-state index contributed by atoms with van der Waals surface area (Å²) in [6.45, 7) is 1.93. The van der Waals surface area contributed by atoms with Crippen LogP contribution in [0, 0.1) is 6.92 Å². The van der Waals surface area contributed by atoms with E-state index < -0.39 is 17.7 Å². The van der Waals surface area contributed by atoms with Crippen molar-refractivity contribution < 1.29 is 19.4 Å². The Morgan fingerprint density at radius 2 is 1.79 bits per heavy atom. The van der Waals surface area contributed by atoms with Crippen molar-refractivity contribution >= 4 is 33.9 Å². The van der Waals surface area contributed by atoms with E-state index in [0.29, 0.717) is 22.0 Å². The number of amides is 1. The minimum Gasteiger partial charge on any atom is -0.507 e. The summed E-state index contributed by atoms with van der Waals surface area (Å²) < 4.78 is 5.21. The van der Waals surface area contributed by atoms with E-state index in [9.17, 15) is 14.7 Å². The lowest BCUT2D eigenvalue weighted by Crippen LogP contribution is -2.29. The molecule has 1 unspecified atom stereocenters. The molecule has 1 aromatic heterocycles. The van der Waals surface area contributed by atoms with Gasteiger partial charge in [0.2, 0.25) is 0 Å². The fourth-order valence-electron chi connectivity index (χ4n) is 3.33. The van der Waals surface area contributed by atoms with Crippen LogP contribution in [0.5, 0.6) is 5.75 Å². The standard InChI is InChI=1S/C22H18N2O4S/c1-13-3-5-15(6-4-13)19(25)17-18(14-7-9-16(28-2)10-8-14)24(21(27)20(17)26)22-23-11-12-29-22/h3-12,18,25H,1-2H3/b19-17+. The minimum absolute atomic E-state index is 0.0409. The zero-order valence-corrected chi connectivity index (χ0v) is 16.6. The van der Waals surface area contributed by atoms with Crippen molar-refractivity contribution in [3.63, 3.8) is 0 Å². The number of ether oxygens (including phenoxy) is 1. The van der Waals surface area contributed by atoms with Crippen LogP contribution in [0.1, 0.15) is 22.7 Å². The summed E-state index contributed by atoms with van der Waals surface area (Å²) in [6.07, 6.45) is 1.57. The first kappa shape index (κ1) is 18.9. The molecule has 1 aliphatic heterocycles. The fourth-order valence-corrected chi connectivity index (χ4v) is 4.00. The molecular formula is C22H18N2O4S. The van der Waals surface area contributed by atoms with Gasteiger partial charge in [-0.05, 0) is 24.6 Å². The Morgan fingerprint density at radius 1 is 1.10 bits per heavy atom. The van der Waals surface area contributed by atoms with Crippen molar-refractivity contribution in [3.8, 4) is 5.75 Å². The third-order valence-electron chi connectivity index (χ3n) is 4.83. The Kier molecular flexibility index (Phi) is 4.90. The molecule has 29 heavy (non-hydrogen) atoms. The molecule has 1 saturated heterocycles. The second kappa shape index (κ2) is 7.52. The largest absolute Gasteiger partial charge is 0.507 e. The zero-order valence-electron chi connectivity index (χ0n) is 15.8. The molecule has 146 valence electrons. The van der Waals surface area contributed by atoms with Crippen LogP contribution in [-0.2, 0) is 9.59 Å². The molecule has 4 rings (SSSR count). The molecule has 1 N–H and O–H groups in total. The fraction of sp³-hybridized carbons (Fsp3) is 0.136. The summed E-state index contributed by atoms with van der Waals surface area (Å²) >= 11 is 1.26. The number of benzene rings is 2. The van der Waals surface area contributed by atoms with Crippen LogP contribution in [-0.4, -0.2) is 28.9 Å². The van der Waals surface area contributed by atoms with Gasteiger partial charge in [-0.3, -0.25) is 14.5 Å². The van der Waals surface area contributed by atoms with Crippen LogP contribution in [0.2, 0.25) is 0 Å². The smallest absolute Gasteiger partial charge is 0.301 e. The second-order valence-corrected chi connectivity index (χ2v) is 7.50. The number of carbonyl (C=O) groups is 2. The van der Waals surface area contributed by atoms with E-state index in [1.54, 1.807) is 55.1 Å². The number of rotatable bonds is 4. The third-order valence-corrected chi connectivity index (χ3v) is 5.60. The maximum atomic E-state index is 12.9. The van der Waals surface area contributed by atoms with Gasteiger partial charge in [-0.15, -0.1) is 11.3 Å². The number of carbonyl (C=O) groups excluding carboxylic acids is 2. The number of aliphatic hydroxyl groups excluding tert-OH is 1. The van der Waals surface area contributed by atoms with Gasteiger partial charge in [0.1, 0.15) is 11.5 Å². The highest BCUT2D eigenvalue weighted by atomic mass is 32.1. The van der Waals surface area contributed by atoms with Crippen LogP contribution in [0.3, 0.4) is 0 Å². The molecule has 2 aromatic carbocycles. The summed E-state index contributed by atoms with van der Waals surface area (Å²) in [5.74, 6) is -1.00. The lowest BCUT2D eigenvalue weighted by Gasteiger charge is -2.23. The van der Waals surface area contributed by atoms with E-state index in [1.165, 1.54) is 16.2 Å². The summed E-state index contributed by atoms with van der Waals surface area (Å²) in [5.41, 5.74) is 2.22. The molecule has 0 radical (unpaired) electrons. The number of anilines is 1. The van der Waals surface area contributed by atoms with Gasteiger partial charge >= 0.3 is 5.91 Å². The van der Waals surface area contributed by atoms with Crippen molar-refractivity contribution in [3.05, 3.63) is 82.4 Å². The average molecular weight is 406 g/mol. The van der Waals surface area contributed by atoms with Gasteiger partial charge < -0.3 is 9.84 Å². The number of hydrogen-bond acceptors (Lipinski definition) is 6. The Morgan fingerprint density at radius 3 is 2.38 bits per heavy atom. The van der Waals surface area contributed by atoms with Crippen LogP contribution in [0.15, 0.2) is 65.7 Å². The van der Waals surface area contributed by atoms with Gasteiger partial charge in [0, 0.05) is 17.1 Å². The number of methoxy groups -OCH3 is 1. The molecule has 1 aliphatic rings. The van der Waals surface area contributed by atoms with Crippen LogP contribution < -0.4 is 9.64 Å². The molecule has 0 aliphatic carbocycles. The van der Waals surface area contributed by atoms with Gasteiger partial charge in [-0.1, -0.05) is 42.0 Å². The summed E-state index contributed by atoms with van der Waals surface area (Å²) in [5, 5.41) is 13.1. The zero-order chi connectivity index (χ0) is 20.5. The molecule has 0 bridgehead atoms. The molecule has 0 spiro atoms. The van der Waals surface area contributed by atoms with Crippen LogP contribution >= 0.6 is 11.3 Å². The van der Waals surface area contributed by atoms with Gasteiger partial charge in [0.05, 0.1) is 18.7 Å². The highest BCUT2D eigenvalue weighted by Crippen LogP contribution is 2.42. The number of aromatic nitrogens is 1. The summed E-state index contributed by atoms with van der Waals surface area (Å²) in [7, 11) is 1.56. The predicted octanol–water partition coefficient (Wildman–Crippen LogP) is 4.09. The number of hydrogen-bond donors (Lipinski definition) is 1. The molecule has 1 amide bonds. The van der Waals surface area contributed by atoms with E-state index in [1.807, 2.05) is 19.1 Å². The van der Waals surface area contributed by atoms with E-state index >= 15 is 0 Å². The molecule has 1 atom stereocenters. The summed E-state index contributed by atoms with van der Waals surface area (Å²) in [6, 6.07) is 13.4. The first-order valence-corrected chi connectivity index (χ1v) is 9.80. The number of aryl methyl sites for hydroxylation is 1. The number of aliphatic hydroxyl groups is 1. The Labute approximate surface area is 171 Å². The van der Waals surface area contributed by atoms with Crippen molar-refractivity contribution in [1.29, 1.82) is 0 Å². The number of nitrogens with zero attached hydrogens (tertiary/aromatic N) is 2. The molecular weight excluding hydrogens is 388 g/mol. The van der Waals surface area contributed by atoms with Crippen molar-refractivity contribution in [2.45, 2.75) is 13.0 Å². The third kappa shape index (κ3) is 3.30. The number of thiazole rings is 1. The highest BCUT2D eigenvalue weighted by Gasteiger charge is 2.47. The predicted molar refractivity (Wildman–Crippen MR) is 111 cm³/mol. The lowest BCUT2D eigenvalue weighted by atomic mass is 9.95. The molecule has 1 fully saturated rings. The first-order valence-electron chi connectivity index (χ1n) is 8.92. The second-order valence-electron chi connectivity index (χ2n) is 6.62. The number of ketones is 1. The Balaban J connectivity index is 1.91. The van der Waals surface area contributed by atoms with Gasteiger partial charge in [-0.2, -0.15) is 0 Å². The molecule has 7 heteroatoms. The van der Waals surface area contributed by atoms with Crippen molar-refractivity contribution in [2.24, 2.45) is 0 Å². The Bertz CT molecular complexity index is 1090. The highest BCUT2D eigenvalue weighted by molar-refractivity contribution is 7.14. The molecule has 6 nitrogen and oxygen atoms in total. The lowest BCUT2D eigenvalue weighted by molar-refractivity contribution is -0.132. The van der Waals surface area contributed by atoms with Crippen LogP contribution in [0.25, 0.3) is 5.76 Å². The molecule has 3 aromatic rings. The van der Waals surface area contributed by atoms with E-state index in [-0.39, 0.29) is 11.3 Å². The normalized spacial score (nSPS) is 18.3. The summed E-state index contributed by atoms with van der Waals surface area (Å²) in [4.78, 5) is 31.4. The first-order chi connectivity index (χ1) is 14.0. The SMILES string of the molecule is COc1ccc(C2/C(=C(\O)c3ccc(C)cc3)C(=O)C(=O)N2c2nccs2)cc1. The van der Waals surface area contributed by atoms with Crippen LogP contribution in [0.4, 0.5) is 5.13 Å². The van der Waals surface area contributed by atoms with E-state index in [0.717, 1.165) is 5.56 Å². The van der Waals surface area contributed by atoms with Crippen molar-refractivity contribution in [1.82, 2.24) is 4.98 Å². The topological polar surface area (TPSA) is 79.7 Å². The van der Waals surface area contributed by atoms with Crippen molar-refractivity contribution in [2.75, 3.05) is 12.0 Å². The Hall–Kier alpha value is -3.45. The quantitative estimate of drug-likeness (QED) is 0.401. The van der Waals surface area contributed by atoms with E-state index in [4.69, 9.17) is 4.74 Å². The monoisotopic (exact) mass is 406 g/mol. The molecule has 2 heterocycles. The van der Waals surface area contributed by atoms with Gasteiger partial charge in [0.25, 0.3) is 5.78 Å². The van der Waals surface area contributed by atoms with Gasteiger partial charge in [-0.25, -0.2) is 4.98 Å². The van der Waals surface area contributed by atoms with Gasteiger partial charge in [0.15, 0.2) is 5.13 Å². The minimum atomic E-state index is -0.784. The maximum absolute atomic E-state index is 12.9. The maximum Gasteiger partial charge on any atom is 0.301 e. The van der Waals surface area contributed by atoms with E-state index in [2.05, 4.69) is 4.98 Å². The number of Topliss-reactive ketones (excluding diaryl/α,β-unsaturated/α-hetero) is 1. The average Bonchev–Trinajstić information content (AvgIpc) is 3.35.